The SMILES string of the molecule is CC(C)(C)OC(=O)[C@H](O)[C@H]1OCCN(c2cccc(C(=O)N3Cc4ccccc4C3)c2)C1=O. The van der Waals surface area contributed by atoms with Crippen molar-refractivity contribution in [3.05, 3.63) is 65.2 Å². The van der Waals surface area contributed by atoms with Gasteiger partial charge in [0.05, 0.1) is 6.61 Å². The first-order valence-corrected chi connectivity index (χ1v) is 10.9. The van der Waals surface area contributed by atoms with Crippen LogP contribution in [0.25, 0.3) is 0 Å². The minimum absolute atomic E-state index is 0.126. The van der Waals surface area contributed by atoms with E-state index in [1.54, 1.807) is 49.9 Å². The number of ether oxygens (including phenoxy) is 2. The summed E-state index contributed by atoms with van der Waals surface area (Å²) < 4.78 is 10.6. The van der Waals surface area contributed by atoms with E-state index in [0.717, 1.165) is 11.1 Å². The highest BCUT2D eigenvalue weighted by atomic mass is 16.6. The van der Waals surface area contributed by atoms with Crippen LogP contribution in [0, 0.1) is 0 Å². The van der Waals surface area contributed by atoms with Crippen LogP contribution >= 0.6 is 0 Å². The highest BCUT2D eigenvalue weighted by Crippen LogP contribution is 2.27. The van der Waals surface area contributed by atoms with Crippen molar-refractivity contribution in [2.75, 3.05) is 18.1 Å². The van der Waals surface area contributed by atoms with Gasteiger partial charge >= 0.3 is 5.97 Å². The Kier molecular flexibility index (Phi) is 6.23. The normalized spacial score (nSPS) is 19.3. The number of amides is 2. The van der Waals surface area contributed by atoms with Crippen molar-refractivity contribution < 1.29 is 29.0 Å². The fourth-order valence-electron chi connectivity index (χ4n) is 4.04. The molecule has 4 rings (SSSR count). The number of nitrogens with zero attached hydrogens (tertiary/aromatic N) is 2. The van der Waals surface area contributed by atoms with Crippen LogP contribution in [-0.4, -0.2) is 58.8 Å². The van der Waals surface area contributed by atoms with E-state index in [1.807, 2.05) is 24.3 Å². The molecule has 0 spiro atoms. The molecule has 0 unspecified atom stereocenters. The molecule has 33 heavy (non-hydrogen) atoms. The summed E-state index contributed by atoms with van der Waals surface area (Å²) in [5.74, 6) is -1.60. The number of carbonyl (C=O) groups is 3. The summed E-state index contributed by atoms with van der Waals surface area (Å²) in [7, 11) is 0. The lowest BCUT2D eigenvalue weighted by molar-refractivity contribution is -0.177. The second-order valence-corrected chi connectivity index (χ2v) is 9.24. The average Bonchev–Trinajstić information content (AvgIpc) is 3.21. The molecule has 2 aliphatic heterocycles. The first kappa shape index (κ1) is 22.9. The summed E-state index contributed by atoms with van der Waals surface area (Å²) in [6.45, 7) is 6.48. The number of anilines is 1. The largest absolute Gasteiger partial charge is 0.458 e. The van der Waals surface area contributed by atoms with Crippen molar-refractivity contribution in [2.45, 2.75) is 51.7 Å². The maximum atomic E-state index is 13.1. The van der Waals surface area contributed by atoms with Crippen LogP contribution in [0.2, 0.25) is 0 Å². The highest BCUT2D eigenvalue weighted by Gasteiger charge is 2.41. The van der Waals surface area contributed by atoms with Crippen LogP contribution in [0.3, 0.4) is 0 Å². The molecular weight excluding hydrogens is 424 g/mol. The van der Waals surface area contributed by atoms with E-state index in [4.69, 9.17) is 9.47 Å². The lowest BCUT2D eigenvalue weighted by Crippen LogP contribution is -2.55. The van der Waals surface area contributed by atoms with E-state index in [-0.39, 0.29) is 19.1 Å². The number of hydrogen-bond donors (Lipinski definition) is 1. The predicted octanol–water partition coefficient (Wildman–Crippen LogP) is 2.28. The molecule has 2 aromatic carbocycles. The molecule has 2 atom stereocenters. The van der Waals surface area contributed by atoms with Gasteiger partial charge in [-0.2, -0.15) is 0 Å². The zero-order valence-corrected chi connectivity index (χ0v) is 19.0. The van der Waals surface area contributed by atoms with Crippen LogP contribution in [-0.2, 0) is 32.2 Å². The highest BCUT2D eigenvalue weighted by molar-refractivity contribution is 6.02. The molecule has 0 aliphatic carbocycles. The van der Waals surface area contributed by atoms with E-state index in [2.05, 4.69) is 0 Å². The van der Waals surface area contributed by atoms with Crippen molar-refractivity contribution in [1.82, 2.24) is 4.90 Å². The zero-order chi connectivity index (χ0) is 23.8. The van der Waals surface area contributed by atoms with E-state index in [1.165, 1.54) is 4.90 Å². The summed E-state index contributed by atoms with van der Waals surface area (Å²) >= 11 is 0. The lowest BCUT2D eigenvalue weighted by atomic mass is 10.1. The Morgan fingerprint density at radius 3 is 2.39 bits per heavy atom. The molecule has 2 aliphatic rings. The Hall–Kier alpha value is -3.23. The van der Waals surface area contributed by atoms with Gasteiger partial charge in [-0.05, 0) is 50.1 Å². The third-order valence-electron chi connectivity index (χ3n) is 5.59. The van der Waals surface area contributed by atoms with Gasteiger partial charge in [0.15, 0.2) is 12.2 Å². The van der Waals surface area contributed by atoms with Crippen molar-refractivity contribution in [3.63, 3.8) is 0 Å². The number of esters is 1. The van der Waals surface area contributed by atoms with Crippen molar-refractivity contribution >= 4 is 23.5 Å². The number of carbonyl (C=O) groups excluding carboxylic acids is 3. The van der Waals surface area contributed by atoms with Gasteiger partial charge in [0, 0.05) is 30.9 Å². The van der Waals surface area contributed by atoms with Gasteiger partial charge in [-0.3, -0.25) is 9.59 Å². The molecule has 1 saturated heterocycles. The minimum Gasteiger partial charge on any atom is -0.458 e. The van der Waals surface area contributed by atoms with Crippen LogP contribution in [0.15, 0.2) is 48.5 Å². The third kappa shape index (κ3) is 4.91. The van der Waals surface area contributed by atoms with Gasteiger partial charge in [-0.25, -0.2) is 4.79 Å². The average molecular weight is 453 g/mol. The smallest absolute Gasteiger partial charge is 0.338 e. The molecule has 1 N–H and O–H groups in total. The first-order chi connectivity index (χ1) is 15.6. The molecule has 0 bridgehead atoms. The molecule has 2 aromatic rings. The maximum absolute atomic E-state index is 13.1. The monoisotopic (exact) mass is 452 g/mol. The maximum Gasteiger partial charge on any atom is 0.338 e. The van der Waals surface area contributed by atoms with E-state index in [9.17, 15) is 19.5 Å². The Morgan fingerprint density at radius 2 is 1.76 bits per heavy atom. The van der Waals surface area contributed by atoms with Gasteiger partial charge < -0.3 is 24.4 Å². The first-order valence-electron chi connectivity index (χ1n) is 10.9. The number of morpholine rings is 1. The molecule has 8 nitrogen and oxygen atoms in total. The van der Waals surface area contributed by atoms with E-state index in [0.29, 0.717) is 24.3 Å². The second kappa shape index (κ2) is 8.96. The minimum atomic E-state index is -1.74. The fourth-order valence-corrected chi connectivity index (χ4v) is 4.04. The topological polar surface area (TPSA) is 96.4 Å². The molecule has 174 valence electrons. The molecule has 0 aromatic heterocycles. The molecular formula is C25H28N2O6. The summed E-state index contributed by atoms with van der Waals surface area (Å²) in [5.41, 5.74) is 2.42. The van der Waals surface area contributed by atoms with E-state index < -0.39 is 29.7 Å². The van der Waals surface area contributed by atoms with E-state index >= 15 is 0 Å². The quantitative estimate of drug-likeness (QED) is 0.715. The molecule has 2 heterocycles. The number of benzene rings is 2. The standard InChI is InChI=1S/C25H28N2O6/c1-25(2,3)33-24(31)20(28)21-23(30)27(11-12-32-21)19-10-6-9-16(13-19)22(29)26-14-17-7-4-5-8-18(17)15-26/h4-10,13,20-21,28H,11-12,14-15H2,1-3H3/t20-,21-/m1/s1. The lowest BCUT2D eigenvalue weighted by Gasteiger charge is -2.34. The van der Waals surface area contributed by atoms with Gasteiger partial charge in [-0.15, -0.1) is 0 Å². The molecule has 0 radical (unpaired) electrons. The van der Waals surface area contributed by atoms with Crippen molar-refractivity contribution in [1.29, 1.82) is 0 Å². The van der Waals surface area contributed by atoms with Gasteiger partial charge in [-0.1, -0.05) is 30.3 Å². The molecule has 2 amide bonds. The second-order valence-electron chi connectivity index (χ2n) is 9.24. The van der Waals surface area contributed by atoms with Gasteiger partial charge in [0.1, 0.15) is 5.60 Å². The Bertz CT molecular complexity index is 1050. The van der Waals surface area contributed by atoms with Crippen molar-refractivity contribution in [3.8, 4) is 0 Å². The Morgan fingerprint density at radius 1 is 1.09 bits per heavy atom. The number of hydrogen-bond acceptors (Lipinski definition) is 6. The zero-order valence-electron chi connectivity index (χ0n) is 19.0. The van der Waals surface area contributed by atoms with Crippen LogP contribution in [0.1, 0.15) is 42.3 Å². The Balaban J connectivity index is 1.49. The summed E-state index contributed by atoms with van der Waals surface area (Å²) in [4.78, 5) is 41.6. The summed E-state index contributed by atoms with van der Waals surface area (Å²) in [6.07, 6.45) is -3.12. The van der Waals surface area contributed by atoms with Crippen LogP contribution in [0.5, 0.6) is 0 Å². The summed E-state index contributed by atoms with van der Waals surface area (Å²) in [6, 6.07) is 14.8. The fraction of sp³-hybridized carbons (Fsp3) is 0.400. The number of aliphatic hydroxyl groups excluding tert-OH is 1. The third-order valence-corrected chi connectivity index (χ3v) is 5.59. The molecule has 8 heteroatoms. The van der Waals surface area contributed by atoms with Crippen LogP contribution in [0.4, 0.5) is 5.69 Å². The molecule has 0 saturated carbocycles. The van der Waals surface area contributed by atoms with Crippen molar-refractivity contribution in [2.24, 2.45) is 0 Å². The van der Waals surface area contributed by atoms with Crippen LogP contribution < -0.4 is 4.90 Å². The number of fused-ring (bicyclic) bond motifs is 1. The predicted molar refractivity (Wildman–Crippen MR) is 120 cm³/mol. The molecule has 1 fully saturated rings. The number of rotatable bonds is 4. The van der Waals surface area contributed by atoms with Gasteiger partial charge in [0.25, 0.3) is 11.8 Å². The summed E-state index contributed by atoms with van der Waals surface area (Å²) in [5, 5.41) is 10.4. The Labute approximate surface area is 192 Å². The number of aliphatic hydroxyl groups is 1. The van der Waals surface area contributed by atoms with Gasteiger partial charge in [0.2, 0.25) is 0 Å².